The van der Waals surface area contributed by atoms with Crippen LogP contribution in [0.2, 0.25) is 0 Å². The van der Waals surface area contributed by atoms with Gasteiger partial charge in [-0.1, -0.05) is 24.3 Å². The summed E-state index contributed by atoms with van der Waals surface area (Å²) in [6.45, 7) is -0.257. The monoisotopic (exact) mass is 266 g/mol. The summed E-state index contributed by atoms with van der Waals surface area (Å²) in [5, 5.41) is 9.96. The first-order chi connectivity index (χ1) is 8.56. The second-order valence-corrected chi connectivity index (χ2v) is 5.56. The summed E-state index contributed by atoms with van der Waals surface area (Å²) in [6.07, 6.45) is 0. The number of fused-ring (bicyclic) bond motifs is 1. The summed E-state index contributed by atoms with van der Waals surface area (Å²) >= 11 is 0. The van der Waals surface area contributed by atoms with Crippen LogP contribution in [-0.2, 0) is 10.0 Å². The molecule has 2 rings (SSSR count). The van der Waals surface area contributed by atoms with E-state index in [-0.39, 0.29) is 18.0 Å². The molecule has 2 aromatic rings. The van der Waals surface area contributed by atoms with Crippen molar-refractivity contribution in [1.82, 2.24) is 4.72 Å². The highest BCUT2D eigenvalue weighted by atomic mass is 32.2. The van der Waals surface area contributed by atoms with Crippen LogP contribution in [0.4, 0.5) is 5.69 Å². The Bertz CT molecular complexity index is 668. The largest absolute Gasteiger partial charge is 0.398 e. The molecule has 0 saturated heterocycles. The lowest BCUT2D eigenvalue weighted by atomic mass is 10.1. The van der Waals surface area contributed by atoms with Gasteiger partial charge in [-0.25, -0.2) is 13.1 Å². The number of hydrogen-bond donors (Lipinski definition) is 3. The van der Waals surface area contributed by atoms with Gasteiger partial charge in [-0.05, 0) is 12.1 Å². The van der Waals surface area contributed by atoms with Gasteiger partial charge < -0.3 is 10.8 Å². The molecule has 5 nitrogen and oxygen atoms in total. The molecule has 0 aliphatic rings. The van der Waals surface area contributed by atoms with Gasteiger partial charge in [-0.15, -0.1) is 0 Å². The second-order valence-electron chi connectivity index (χ2n) is 3.82. The molecule has 0 atom stereocenters. The zero-order chi connectivity index (χ0) is 13.2. The third-order valence-electron chi connectivity index (χ3n) is 2.61. The molecule has 0 unspecified atom stereocenters. The average Bonchev–Trinajstić information content (AvgIpc) is 2.37. The van der Waals surface area contributed by atoms with Crippen LogP contribution in [0.1, 0.15) is 0 Å². The molecular weight excluding hydrogens is 252 g/mol. The summed E-state index contributed by atoms with van der Waals surface area (Å²) in [6, 6.07) is 10.1. The lowest BCUT2D eigenvalue weighted by molar-refractivity contribution is 0.301. The van der Waals surface area contributed by atoms with Crippen LogP contribution in [-0.4, -0.2) is 26.7 Å². The first-order valence-electron chi connectivity index (χ1n) is 5.44. The van der Waals surface area contributed by atoms with Crippen molar-refractivity contribution in [1.29, 1.82) is 0 Å². The molecule has 4 N–H and O–H groups in total. The number of hydrogen-bond acceptors (Lipinski definition) is 4. The Morgan fingerprint density at radius 2 is 1.78 bits per heavy atom. The van der Waals surface area contributed by atoms with Gasteiger partial charge in [0.05, 0.1) is 11.5 Å². The smallest absolute Gasteiger partial charge is 0.241 e. The molecule has 0 radical (unpaired) electrons. The van der Waals surface area contributed by atoms with E-state index in [9.17, 15) is 8.42 Å². The molecule has 96 valence electrons. The average molecular weight is 266 g/mol. The Hall–Kier alpha value is -1.63. The van der Waals surface area contributed by atoms with Crippen molar-refractivity contribution in [2.75, 3.05) is 18.9 Å². The van der Waals surface area contributed by atoms with Crippen molar-refractivity contribution in [3.8, 4) is 0 Å². The van der Waals surface area contributed by atoms with Crippen LogP contribution in [0.25, 0.3) is 10.8 Å². The fourth-order valence-electron chi connectivity index (χ4n) is 1.79. The Balaban J connectivity index is 2.62. The number of nitrogens with two attached hydrogens (primary N) is 1. The number of nitrogens with one attached hydrogen (secondary N) is 1. The van der Waals surface area contributed by atoms with E-state index in [2.05, 4.69) is 4.72 Å². The molecule has 2 aromatic carbocycles. The van der Waals surface area contributed by atoms with Crippen LogP contribution in [0.5, 0.6) is 0 Å². The van der Waals surface area contributed by atoms with E-state index in [4.69, 9.17) is 10.8 Å². The molecule has 0 aliphatic heterocycles. The van der Waals surface area contributed by atoms with Gasteiger partial charge in [-0.2, -0.15) is 0 Å². The third kappa shape index (κ3) is 2.31. The molecule has 0 aliphatic carbocycles. The number of benzene rings is 2. The summed E-state index contributed by atoms with van der Waals surface area (Å²) < 4.78 is 26.4. The first kappa shape index (κ1) is 12.8. The Morgan fingerprint density at radius 3 is 2.44 bits per heavy atom. The maximum absolute atomic E-state index is 12.1. The summed E-state index contributed by atoms with van der Waals surface area (Å²) in [5.74, 6) is 0. The molecule has 0 heterocycles. The van der Waals surface area contributed by atoms with Gasteiger partial charge in [-0.3, -0.25) is 0 Å². The Labute approximate surface area is 105 Å². The van der Waals surface area contributed by atoms with Gasteiger partial charge in [0.25, 0.3) is 0 Å². The van der Waals surface area contributed by atoms with E-state index >= 15 is 0 Å². The number of sulfonamides is 1. The van der Waals surface area contributed by atoms with E-state index in [0.29, 0.717) is 16.5 Å². The highest BCUT2D eigenvalue weighted by Gasteiger charge is 2.17. The molecule has 0 amide bonds. The van der Waals surface area contributed by atoms with Crippen LogP contribution < -0.4 is 10.5 Å². The van der Waals surface area contributed by atoms with Crippen molar-refractivity contribution in [3.05, 3.63) is 36.4 Å². The lowest BCUT2D eigenvalue weighted by Crippen LogP contribution is -2.26. The van der Waals surface area contributed by atoms with E-state index in [1.807, 2.05) is 0 Å². The van der Waals surface area contributed by atoms with Gasteiger partial charge in [0.2, 0.25) is 10.0 Å². The fourth-order valence-corrected chi connectivity index (χ4v) is 3.02. The zero-order valence-electron chi connectivity index (χ0n) is 9.63. The zero-order valence-corrected chi connectivity index (χ0v) is 10.4. The maximum atomic E-state index is 12.1. The Morgan fingerprint density at radius 1 is 1.11 bits per heavy atom. The van der Waals surface area contributed by atoms with Crippen molar-refractivity contribution in [2.45, 2.75) is 4.90 Å². The van der Waals surface area contributed by atoms with E-state index in [0.717, 1.165) is 0 Å². The molecular formula is C12H14N2O3S. The highest BCUT2D eigenvalue weighted by Crippen LogP contribution is 2.27. The number of aliphatic hydroxyl groups excluding tert-OH is 1. The standard InChI is InChI=1S/C12H14N2O3S/c13-11-5-6-12(18(16,17)14-7-8-15)10-4-2-1-3-9(10)11/h1-6,14-15H,7-8,13H2. The quantitative estimate of drug-likeness (QED) is 0.710. The minimum Gasteiger partial charge on any atom is -0.398 e. The van der Waals surface area contributed by atoms with Gasteiger partial charge in [0.15, 0.2) is 0 Å². The van der Waals surface area contributed by atoms with E-state index in [1.165, 1.54) is 6.07 Å². The summed E-state index contributed by atoms with van der Waals surface area (Å²) in [5.41, 5.74) is 6.35. The molecule has 0 spiro atoms. The van der Waals surface area contributed by atoms with Crippen LogP contribution in [0.3, 0.4) is 0 Å². The van der Waals surface area contributed by atoms with E-state index < -0.39 is 10.0 Å². The van der Waals surface area contributed by atoms with Gasteiger partial charge >= 0.3 is 0 Å². The minimum absolute atomic E-state index is 0.0129. The number of nitrogen functional groups attached to an aromatic ring is 1. The van der Waals surface area contributed by atoms with Crippen LogP contribution in [0.15, 0.2) is 41.3 Å². The van der Waals surface area contributed by atoms with Gasteiger partial charge in [0.1, 0.15) is 0 Å². The number of anilines is 1. The predicted octanol–water partition coefficient (Wildman–Crippen LogP) is 0.693. The molecule has 0 saturated carbocycles. The summed E-state index contributed by atoms with van der Waals surface area (Å²) in [7, 11) is -3.63. The molecule has 0 aromatic heterocycles. The lowest BCUT2D eigenvalue weighted by Gasteiger charge is -2.10. The Kier molecular flexibility index (Phi) is 3.51. The molecule has 18 heavy (non-hydrogen) atoms. The number of aliphatic hydroxyl groups is 1. The first-order valence-corrected chi connectivity index (χ1v) is 6.92. The topological polar surface area (TPSA) is 92.4 Å². The highest BCUT2D eigenvalue weighted by molar-refractivity contribution is 7.89. The third-order valence-corrected chi connectivity index (χ3v) is 4.13. The maximum Gasteiger partial charge on any atom is 0.241 e. The molecule has 0 bridgehead atoms. The molecule has 0 fully saturated rings. The molecule has 6 heteroatoms. The van der Waals surface area contributed by atoms with Crippen molar-refractivity contribution >= 4 is 26.5 Å². The number of rotatable bonds is 4. The van der Waals surface area contributed by atoms with Crippen molar-refractivity contribution < 1.29 is 13.5 Å². The predicted molar refractivity (Wildman–Crippen MR) is 70.6 cm³/mol. The normalized spacial score (nSPS) is 11.8. The SMILES string of the molecule is Nc1ccc(S(=O)(=O)NCCO)c2ccccc12. The minimum atomic E-state index is -3.63. The van der Waals surface area contributed by atoms with Crippen molar-refractivity contribution in [3.63, 3.8) is 0 Å². The van der Waals surface area contributed by atoms with Crippen LogP contribution >= 0.6 is 0 Å². The fraction of sp³-hybridized carbons (Fsp3) is 0.167. The van der Waals surface area contributed by atoms with Crippen molar-refractivity contribution in [2.24, 2.45) is 0 Å². The van der Waals surface area contributed by atoms with E-state index in [1.54, 1.807) is 30.3 Å². The van der Waals surface area contributed by atoms with Gasteiger partial charge in [0, 0.05) is 23.0 Å². The summed E-state index contributed by atoms with van der Waals surface area (Å²) in [4.78, 5) is 0.167. The van der Waals surface area contributed by atoms with Crippen LogP contribution in [0, 0.1) is 0 Å². The second kappa shape index (κ2) is 4.93.